The number of nitrogens with zero attached hydrogens (tertiary/aromatic N) is 2. The first kappa shape index (κ1) is 15.7. The maximum Gasteiger partial charge on any atom is 0.405 e. The molecule has 1 amide bonds. The molecule has 0 aliphatic rings. The van der Waals surface area contributed by atoms with Gasteiger partial charge in [0, 0.05) is 13.1 Å². The third-order valence-corrected chi connectivity index (χ3v) is 1.99. The highest BCUT2D eigenvalue weighted by atomic mass is 19.4. The van der Waals surface area contributed by atoms with Gasteiger partial charge in [0.15, 0.2) is 5.92 Å². The molecule has 98 valence electrons. The maximum absolute atomic E-state index is 12.4. The van der Waals surface area contributed by atoms with E-state index >= 15 is 0 Å². The van der Waals surface area contributed by atoms with Crippen LogP contribution < -0.4 is 5.73 Å². The smallest absolute Gasteiger partial charge is 0.369 e. The van der Waals surface area contributed by atoms with E-state index in [1.54, 1.807) is 0 Å². The Kier molecular flexibility index (Phi) is 5.96. The summed E-state index contributed by atoms with van der Waals surface area (Å²) in [6.45, 7) is 3.11. The summed E-state index contributed by atoms with van der Waals surface area (Å²) >= 11 is 0. The summed E-state index contributed by atoms with van der Waals surface area (Å²) in [5.74, 6) is -2.72. The number of nitriles is 1. The minimum Gasteiger partial charge on any atom is -0.369 e. The number of alkyl halides is 3. The zero-order valence-corrected chi connectivity index (χ0v) is 9.79. The second kappa shape index (κ2) is 6.45. The van der Waals surface area contributed by atoms with Gasteiger partial charge in [-0.3, -0.25) is 9.69 Å². The molecule has 0 aromatic carbocycles. The summed E-state index contributed by atoms with van der Waals surface area (Å²) in [5.41, 5.74) is 4.95. The van der Waals surface area contributed by atoms with Crippen molar-refractivity contribution in [2.24, 2.45) is 17.6 Å². The van der Waals surface area contributed by atoms with E-state index in [1.165, 1.54) is 11.0 Å². The number of amides is 1. The minimum absolute atomic E-state index is 0.0851. The molecule has 4 nitrogen and oxygen atoms in total. The van der Waals surface area contributed by atoms with Crippen LogP contribution in [0.4, 0.5) is 13.2 Å². The van der Waals surface area contributed by atoms with E-state index in [9.17, 15) is 18.0 Å². The SMILES string of the molecule is CC(C)CN(CC(N)=O)CC(C#N)C(F)(F)F. The summed E-state index contributed by atoms with van der Waals surface area (Å²) in [6.07, 6.45) is -4.58. The normalized spacial score (nSPS) is 13.8. The highest BCUT2D eigenvalue weighted by Crippen LogP contribution is 2.26. The molecule has 17 heavy (non-hydrogen) atoms. The lowest BCUT2D eigenvalue weighted by Gasteiger charge is -2.25. The quantitative estimate of drug-likeness (QED) is 0.769. The summed E-state index contributed by atoms with van der Waals surface area (Å²) in [5, 5.41) is 8.47. The third kappa shape index (κ3) is 6.79. The topological polar surface area (TPSA) is 70.1 Å². The molecule has 0 rings (SSSR count). The Morgan fingerprint density at radius 3 is 2.24 bits per heavy atom. The minimum atomic E-state index is -4.58. The van der Waals surface area contributed by atoms with E-state index in [0.29, 0.717) is 0 Å². The van der Waals surface area contributed by atoms with Crippen molar-refractivity contribution >= 4 is 5.91 Å². The van der Waals surface area contributed by atoms with E-state index in [4.69, 9.17) is 11.0 Å². The molecule has 1 atom stereocenters. The number of carbonyl (C=O) groups excluding carboxylic acids is 1. The van der Waals surface area contributed by atoms with Crippen LogP contribution in [0.5, 0.6) is 0 Å². The Bertz CT molecular complexity index is 296. The van der Waals surface area contributed by atoms with Gasteiger partial charge in [-0.15, -0.1) is 0 Å². The van der Waals surface area contributed by atoms with Gasteiger partial charge in [0.2, 0.25) is 5.91 Å². The lowest BCUT2D eigenvalue weighted by molar-refractivity contribution is -0.164. The van der Waals surface area contributed by atoms with Gasteiger partial charge < -0.3 is 5.73 Å². The van der Waals surface area contributed by atoms with Gasteiger partial charge >= 0.3 is 6.18 Å². The van der Waals surface area contributed by atoms with Gasteiger partial charge in [-0.1, -0.05) is 13.8 Å². The Labute approximate surface area is 98.2 Å². The predicted octanol–water partition coefficient (Wildman–Crippen LogP) is 1.13. The van der Waals surface area contributed by atoms with Crippen LogP contribution in [-0.4, -0.2) is 36.6 Å². The predicted molar refractivity (Wildman–Crippen MR) is 55.6 cm³/mol. The molecule has 0 spiro atoms. The molecule has 0 saturated heterocycles. The molecule has 0 saturated carbocycles. The Morgan fingerprint density at radius 2 is 1.94 bits per heavy atom. The van der Waals surface area contributed by atoms with E-state index in [2.05, 4.69) is 0 Å². The molecule has 0 bridgehead atoms. The van der Waals surface area contributed by atoms with Crippen LogP contribution in [0.15, 0.2) is 0 Å². The van der Waals surface area contributed by atoms with Crippen LogP contribution in [0.25, 0.3) is 0 Å². The van der Waals surface area contributed by atoms with Crippen molar-refractivity contribution in [3.8, 4) is 6.07 Å². The fourth-order valence-corrected chi connectivity index (χ4v) is 1.42. The van der Waals surface area contributed by atoms with Crippen LogP contribution in [0.1, 0.15) is 13.8 Å². The van der Waals surface area contributed by atoms with Crippen molar-refractivity contribution in [3.63, 3.8) is 0 Å². The second-order valence-electron chi connectivity index (χ2n) is 4.28. The number of carbonyl (C=O) groups is 1. The van der Waals surface area contributed by atoms with Crippen LogP contribution in [0, 0.1) is 23.2 Å². The first-order chi connectivity index (χ1) is 7.66. The fraction of sp³-hybridized carbons (Fsp3) is 0.800. The monoisotopic (exact) mass is 251 g/mol. The van der Waals surface area contributed by atoms with E-state index in [0.717, 1.165) is 0 Å². The molecule has 1 unspecified atom stereocenters. The van der Waals surface area contributed by atoms with Gasteiger partial charge in [0.25, 0.3) is 0 Å². The maximum atomic E-state index is 12.4. The lowest BCUT2D eigenvalue weighted by Crippen LogP contribution is -2.42. The van der Waals surface area contributed by atoms with Gasteiger partial charge in [0.05, 0.1) is 12.6 Å². The molecule has 0 fully saturated rings. The Balaban J connectivity index is 4.61. The number of primary amides is 1. The van der Waals surface area contributed by atoms with Gasteiger partial charge in [-0.05, 0) is 5.92 Å². The van der Waals surface area contributed by atoms with Gasteiger partial charge in [-0.2, -0.15) is 18.4 Å². The average molecular weight is 251 g/mol. The summed E-state index contributed by atoms with van der Waals surface area (Å²) in [6, 6.07) is 1.20. The van der Waals surface area contributed by atoms with Crippen molar-refractivity contribution < 1.29 is 18.0 Å². The Morgan fingerprint density at radius 1 is 1.41 bits per heavy atom. The highest BCUT2D eigenvalue weighted by Gasteiger charge is 2.41. The lowest BCUT2D eigenvalue weighted by atomic mass is 10.1. The van der Waals surface area contributed by atoms with Crippen molar-refractivity contribution in [1.82, 2.24) is 4.90 Å². The summed E-state index contributed by atoms with van der Waals surface area (Å²) < 4.78 is 37.2. The molecular weight excluding hydrogens is 235 g/mol. The van der Waals surface area contributed by atoms with Crippen molar-refractivity contribution in [2.45, 2.75) is 20.0 Å². The van der Waals surface area contributed by atoms with Crippen LogP contribution in [0.2, 0.25) is 0 Å². The first-order valence-corrected chi connectivity index (χ1v) is 5.13. The van der Waals surface area contributed by atoms with Gasteiger partial charge in [-0.25, -0.2) is 0 Å². The summed E-state index contributed by atoms with van der Waals surface area (Å²) in [7, 11) is 0. The van der Waals surface area contributed by atoms with Crippen LogP contribution in [-0.2, 0) is 4.79 Å². The van der Waals surface area contributed by atoms with Crippen molar-refractivity contribution in [3.05, 3.63) is 0 Å². The molecule has 7 heteroatoms. The zero-order chi connectivity index (χ0) is 13.6. The highest BCUT2D eigenvalue weighted by molar-refractivity contribution is 5.75. The number of hydrogen-bond acceptors (Lipinski definition) is 3. The third-order valence-electron chi connectivity index (χ3n) is 1.99. The van der Waals surface area contributed by atoms with Crippen molar-refractivity contribution in [2.75, 3.05) is 19.6 Å². The van der Waals surface area contributed by atoms with Crippen LogP contribution >= 0.6 is 0 Å². The second-order valence-corrected chi connectivity index (χ2v) is 4.28. The van der Waals surface area contributed by atoms with Crippen LogP contribution in [0.3, 0.4) is 0 Å². The van der Waals surface area contributed by atoms with E-state index in [1.807, 2.05) is 13.8 Å². The summed E-state index contributed by atoms with van der Waals surface area (Å²) in [4.78, 5) is 12.0. The average Bonchev–Trinajstić information content (AvgIpc) is 2.09. The number of halogens is 3. The molecule has 0 aliphatic carbocycles. The number of hydrogen-bond donors (Lipinski definition) is 1. The van der Waals surface area contributed by atoms with E-state index < -0.39 is 24.5 Å². The molecule has 0 heterocycles. The molecule has 0 radical (unpaired) electrons. The molecule has 0 aromatic heterocycles. The van der Waals surface area contributed by atoms with Crippen molar-refractivity contribution in [1.29, 1.82) is 5.26 Å². The standard InChI is InChI=1S/C10H16F3N3O/c1-7(2)4-16(6-9(15)17)5-8(3-14)10(11,12)13/h7-8H,4-6H2,1-2H3,(H2,15,17). The zero-order valence-electron chi connectivity index (χ0n) is 9.79. The first-order valence-electron chi connectivity index (χ1n) is 5.13. The fourth-order valence-electron chi connectivity index (χ4n) is 1.42. The molecule has 2 N–H and O–H groups in total. The van der Waals surface area contributed by atoms with Gasteiger partial charge in [0.1, 0.15) is 0 Å². The number of rotatable bonds is 6. The van der Waals surface area contributed by atoms with E-state index in [-0.39, 0.29) is 19.0 Å². The Hall–Kier alpha value is -1.29. The largest absolute Gasteiger partial charge is 0.405 e. The molecule has 0 aliphatic heterocycles. The number of nitrogens with two attached hydrogens (primary N) is 1. The molecular formula is C10H16F3N3O. The molecule has 0 aromatic rings.